The minimum Gasteiger partial charge on any atom is -0.409 e. The SMILES string of the molecule is CS(=N)(=O)NCCCCNc1nonc1/C(N)=N/O. The summed E-state index contributed by atoms with van der Waals surface area (Å²) in [5.41, 5.74) is 5.52. The Bertz CT molecular complexity index is 524. The maximum absolute atomic E-state index is 11.0. The van der Waals surface area contributed by atoms with Crippen molar-refractivity contribution in [1.29, 1.82) is 4.78 Å². The lowest BCUT2D eigenvalue weighted by atomic mass is 10.3. The number of unbranched alkanes of at least 4 members (excludes halogenated alkanes) is 1. The topological polar surface area (TPSA) is 163 Å². The summed E-state index contributed by atoms with van der Waals surface area (Å²) >= 11 is 0. The second-order valence-corrected chi connectivity index (χ2v) is 5.79. The van der Waals surface area contributed by atoms with Crippen LogP contribution in [0.15, 0.2) is 9.78 Å². The molecule has 6 N–H and O–H groups in total. The second kappa shape index (κ2) is 6.89. The largest absolute Gasteiger partial charge is 0.409 e. The molecule has 0 aliphatic carbocycles. The Labute approximate surface area is 110 Å². The molecule has 10 nitrogen and oxygen atoms in total. The first-order valence-electron chi connectivity index (χ1n) is 5.46. The number of rotatable bonds is 8. The van der Waals surface area contributed by atoms with Crippen molar-refractivity contribution in [3.63, 3.8) is 0 Å². The maximum atomic E-state index is 11.0. The monoisotopic (exact) mass is 291 g/mol. The summed E-state index contributed by atoms with van der Waals surface area (Å²) in [5.74, 6) is 0.105. The predicted molar refractivity (Wildman–Crippen MR) is 69.3 cm³/mol. The van der Waals surface area contributed by atoms with Gasteiger partial charge in [-0.2, -0.15) is 0 Å². The molecule has 0 bridgehead atoms. The Morgan fingerprint density at radius 3 is 2.84 bits per heavy atom. The summed E-state index contributed by atoms with van der Waals surface area (Å²) in [4.78, 5) is 0. The van der Waals surface area contributed by atoms with Crippen molar-refractivity contribution >= 4 is 21.6 Å². The number of nitrogens with one attached hydrogen (secondary N) is 3. The molecule has 0 aromatic carbocycles. The van der Waals surface area contributed by atoms with E-state index >= 15 is 0 Å². The van der Waals surface area contributed by atoms with E-state index < -0.39 is 9.92 Å². The van der Waals surface area contributed by atoms with E-state index in [1.807, 2.05) is 0 Å². The summed E-state index contributed by atoms with van der Waals surface area (Å²) in [7, 11) is -2.64. The second-order valence-electron chi connectivity index (χ2n) is 3.82. The van der Waals surface area contributed by atoms with Crippen molar-refractivity contribution in [3.05, 3.63) is 5.69 Å². The van der Waals surface area contributed by atoms with Gasteiger partial charge >= 0.3 is 0 Å². The average Bonchev–Trinajstić information content (AvgIpc) is 2.79. The molecule has 1 aromatic heterocycles. The van der Waals surface area contributed by atoms with E-state index in [0.29, 0.717) is 18.9 Å². The summed E-state index contributed by atoms with van der Waals surface area (Å²) < 4.78 is 25.2. The van der Waals surface area contributed by atoms with E-state index in [4.69, 9.17) is 15.7 Å². The first kappa shape index (κ1) is 15.2. The Morgan fingerprint density at radius 1 is 1.53 bits per heavy atom. The molecule has 0 saturated carbocycles. The number of nitrogens with two attached hydrogens (primary N) is 1. The van der Waals surface area contributed by atoms with Crippen molar-refractivity contribution in [3.8, 4) is 0 Å². The van der Waals surface area contributed by atoms with Crippen LogP contribution in [-0.4, -0.2) is 44.9 Å². The molecule has 1 aromatic rings. The number of amidine groups is 1. The van der Waals surface area contributed by atoms with Gasteiger partial charge in [-0.1, -0.05) is 5.16 Å². The zero-order valence-corrected chi connectivity index (χ0v) is 11.2. The Morgan fingerprint density at radius 2 is 2.21 bits per heavy atom. The molecule has 1 heterocycles. The summed E-state index contributed by atoms with van der Waals surface area (Å²) in [6, 6.07) is 0. The average molecular weight is 291 g/mol. The molecule has 11 heteroatoms. The van der Waals surface area contributed by atoms with Gasteiger partial charge in [0.15, 0.2) is 11.5 Å². The van der Waals surface area contributed by atoms with Gasteiger partial charge < -0.3 is 16.3 Å². The van der Waals surface area contributed by atoms with Gasteiger partial charge in [0, 0.05) is 19.3 Å². The van der Waals surface area contributed by atoms with E-state index in [9.17, 15) is 4.21 Å². The summed E-state index contributed by atoms with van der Waals surface area (Å²) in [6.07, 6.45) is 2.82. The summed E-state index contributed by atoms with van der Waals surface area (Å²) in [6.45, 7) is 1.05. The number of aromatic nitrogens is 2. The van der Waals surface area contributed by atoms with E-state index in [1.54, 1.807) is 0 Å². The molecular formula is C8H17N7O3S. The number of hydrogen-bond donors (Lipinski definition) is 5. The fourth-order valence-corrected chi connectivity index (χ4v) is 1.78. The first-order valence-corrected chi connectivity index (χ1v) is 7.43. The van der Waals surface area contributed by atoms with E-state index in [2.05, 4.69) is 30.1 Å². The quantitative estimate of drug-likeness (QED) is 0.142. The smallest absolute Gasteiger partial charge is 0.202 e. The van der Waals surface area contributed by atoms with Crippen molar-refractivity contribution in [2.24, 2.45) is 10.9 Å². The number of anilines is 1. The molecule has 0 amide bonds. The fraction of sp³-hybridized carbons (Fsp3) is 0.625. The molecule has 0 radical (unpaired) electrons. The Balaban J connectivity index is 2.29. The van der Waals surface area contributed by atoms with E-state index in [-0.39, 0.29) is 11.5 Å². The van der Waals surface area contributed by atoms with Gasteiger partial charge in [-0.15, -0.1) is 0 Å². The van der Waals surface area contributed by atoms with Crippen LogP contribution >= 0.6 is 0 Å². The molecule has 0 spiro atoms. The van der Waals surface area contributed by atoms with Gasteiger partial charge in [0.05, 0.1) is 0 Å². The zero-order valence-electron chi connectivity index (χ0n) is 10.4. The lowest BCUT2D eigenvalue weighted by Crippen LogP contribution is -2.22. The van der Waals surface area contributed by atoms with Gasteiger partial charge in [-0.3, -0.25) is 0 Å². The highest BCUT2D eigenvalue weighted by atomic mass is 32.2. The molecule has 0 aliphatic rings. The fourth-order valence-electron chi connectivity index (χ4n) is 1.24. The Hall–Kier alpha value is -1.88. The molecular weight excluding hydrogens is 274 g/mol. The highest BCUT2D eigenvalue weighted by Gasteiger charge is 2.13. The molecule has 19 heavy (non-hydrogen) atoms. The van der Waals surface area contributed by atoms with Crippen LogP contribution in [0.2, 0.25) is 0 Å². The Kier molecular flexibility index (Phi) is 5.51. The van der Waals surface area contributed by atoms with Gasteiger partial charge in [-0.25, -0.2) is 18.3 Å². The molecule has 0 fully saturated rings. The van der Waals surface area contributed by atoms with Crippen LogP contribution in [0.1, 0.15) is 18.5 Å². The van der Waals surface area contributed by atoms with Gasteiger partial charge in [0.1, 0.15) is 9.92 Å². The van der Waals surface area contributed by atoms with Crippen LogP contribution in [0.3, 0.4) is 0 Å². The molecule has 1 rings (SSSR count). The van der Waals surface area contributed by atoms with Crippen molar-refractivity contribution in [2.45, 2.75) is 12.8 Å². The minimum atomic E-state index is -2.64. The molecule has 108 valence electrons. The van der Waals surface area contributed by atoms with Crippen LogP contribution in [0.25, 0.3) is 0 Å². The maximum Gasteiger partial charge on any atom is 0.202 e. The van der Waals surface area contributed by atoms with Gasteiger partial charge in [0.25, 0.3) is 0 Å². The standard InChI is InChI=1S/C8H17N7O3S/c1-19(10,17)12-5-3-2-4-11-8-6(7(9)13-16)14-18-15-8/h16H,2-5H2,1H3,(H2,9,13)(H,11,15)(H2,10,12,17). The van der Waals surface area contributed by atoms with E-state index in [0.717, 1.165) is 12.8 Å². The third kappa shape index (κ3) is 5.52. The van der Waals surface area contributed by atoms with Crippen molar-refractivity contribution in [2.75, 3.05) is 24.7 Å². The van der Waals surface area contributed by atoms with Crippen LogP contribution in [-0.2, 0) is 9.92 Å². The van der Waals surface area contributed by atoms with Crippen LogP contribution < -0.4 is 15.8 Å². The molecule has 0 aliphatic heterocycles. The van der Waals surface area contributed by atoms with E-state index in [1.165, 1.54) is 6.26 Å². The number of nitrogens with zero attached hydrogens (tertiary/aromatic N) is 3. The first-order chi connectivity index (χ1) is 8.94. The lowest BCUT2D eigenvalue weighted by molar-refractivity contribution is 0.304. The minimum absolute atomic E-state index is 0.142. The molecule has 1 unspecified atom stereocenters. The number of hydrogen-bond acceptors (Lipinski definition) is 8. The molecule has 1 atom stereocenters. The van der Waals surface area contributed by atoms with Crippen molar-refractivity contribution < 1.29 is 14.0 Å². The van der Waals surface area contributed by atoms with Gasteiger partial charge in [0.2, 0.25) is 5.82 Å². The third-order valence-electron chi connectivity index (χ3n) is 2.11. The van der Waals surface area contributed by atoms with Crippen molar-refractivity contribution in [1.82, 2.24) is 15.0 Å². The third-order valence-corrected chi connectivity index (χ3v) is 2.87. The normalized spacial score (nSPS) is 15.1. The predicted octanol–water partition coefficient (Wildman–Crippen LogP) is -0.463. The zero-order chi connectivity index (χ0) is 14.3. The van der Waals surface area contributed by atoms with Crippen LogP contribution in [0.4, 0.5) is 5.82 Å². The molecule has 0 saturated heterocycles. The van der Waals surface area contributed by atoms with Crippen LogP contribution in [0.5, 0.6) is 0 Å². The highest BCUT2D eigenvalue weighted by molar-refractivity contribution is 7.89. The highest BCUT2D eigenvalue weighted by Crippen LogP contribution is 2.08. The summed E-state index contributed by atoms with van der Waals surface area (Å²) in [5, 5.41) is 21.3. The van der Waals surface area contributed by atoms with Gasteiger partial charge in [-0.05, 0) is 23.2 Å². The van der Waals surface area contributed by atoms with Crippen LogP contribution in [0, 0.1) is 4.78 Å². The number of oxime groups is 1. The lowest BCUT2D eigenvalue weighted by Gasteiger charge is -2.05.